The Morgan fingerprint density at radius 2 is 1.88 bits per heavy atom. The highest BCUT2D eigenvalue weighted by Gasteiger charge is 2.28. The number of carboxylic acid groups (broad SMARTS) is 2. The monoisotopic (exact) mass is 256 g/mol. The molecule has 17 heavy (non-hydrogen) atoms. The highest BCUT2D eigenvalue weighted by molar-refractivity contribution is 7.55. The number of aryl methyl sites for hydroxylation is 1. The molecule has 0 aliphatic carbocycles. The summed E-state index contributed by atoms with van der Waals surface area (Å²) >= 11 is 0. The molecule has 0 spiro atoms. The summed E-state index contributed by atoms with van der Waals surface area (Å²) in [6.07, 6.45) is -0.624. The molecule has 0 saturated heterocycles. The van der Waals surface area contributed by atoms with Crippen LogP contribution in [-0.2, 0) is 14.2 Å². The summed E-state index contributed by atoms with van der Waals surface area (Å²) in [5.74, 6) is -2.59. The molecule has 0 radical (unpaired) electrons. The van der Waals surface area contributed by atoms with E-state index in [9.17, 15) is 14.2 Å². The van der Waals surface area contributed by atoms with Crippen molar-refractivity contribution in [3.63, 3.8) is 0 Å². The van der Waals surface area contributed by atoms with Crippen LogP contribution in [0.4, 0.5) is 0 Å². The van der Waals surface area contributed by atoms with Gasteiger partial charge in [-0.05, 0) is 12.5 Å². The maximum absolute atomic E-state index is 12.1. The summed E-state index contributed by atoms with van der Waals surface area (Å²) in [6.45, 7) is 1.72. The zero-order chi connectivity index (χ0) is 13.0. The highest BCUT2D eigenvalue weighted by Crippen LogP contribution is 2.31. The Labute approximate surface area is 98.9 Å². The largest absolute Gasteiger partial charge is 0.481 e. The first-order valence-corrected chi connectivity index (χ1v) is 6.46. The molecule has 2 unspecified atom stereocenters. The molecule has 0 aliphatic heterocycles. The fourth-order valence-electron chi connectivity index (χ4n) is 1.50. The minimum atomic E-state index is -2.66. The molecule has 0 saturated carbocycles. The first kappa shape index (κ1) is 13.5. The maximum Gasteiger partial charge on any atom is 0.314 e. The highest BCUT2D eigenvalue weighted by atomic mass is 31.1. The average molecular weight is 256 g/mol. The Kier molecular flexibility index (Phi) is 4.46. The maximum atomic E-state index is 12.1. The molecule has 0 heterocycles. The average Bonchev–Trinajstić information content (AvgIpc) is 2.25. The van der Waals surface area contributed by atoms with E-state index < -0.39 is 31.8 Å². The third kappa shape index (κ3) is 3.43. The van der Waals surface area contributed by atoms with E-state index in [1.165, 1.54) is 0 Å². The van der Waals surface area contributed by atoms with Crippen LogP contribution in [-0.4, -0.2) is 27.8 Å². The van der Waals surface area contributed by atoms with Crippen molar-refractivity contribution in [2.45, 2.75) is 19.0 Å². The van der Waals surface area contributed by atoms with Crippen LogP contribution < -0.4 is 5.30 Å². The quantitative estimate of drug-likeness (QED) is 0.770. The van der Waals surface area contributed by atoms with Crippen LogP contribution in [0.25, 0.3) is 0 Å². The number of carbonyl (C=O) groups is 2. The molecule has 2 atom stereocenters. The summed E-state index contributed by atoms with van der Waals surface area (Å²) in [5, 5.41) is 18.0. The van der Waals surface area contributed by atoms with Gasteiger partial charge in [0, 0.05) is 5.30 Å². The Morgan fingerprint density at radius 1 is 1.29 bits per heavy atom. The van der Waals surface area contributed by atoms with Crippen LogP contribution in [0.5, 0.6) is 0 Å². The molecule has 0 bridgehead atoms. The van der Waals surface area contributed by atoms with Crippen LogP contribution in [0.3, 0.4) is 0 Å². The number of hydrogen-bond acceptors (Lipinski definition) is 3. The van der Waals surface area contributed by atoms with Crippen molar-refractivity contribution in [1.29, 1.82) is 0 Å². The lowest BCUT2D eigenvalue weighted by atomic mass is 10.2. The van der Waals surface area contributed by atoms with Gasteiger partial charge in [-0.1, -0.05) is 24.3 Å². The van der Waals surface area contributed by atoms with Gasteiger partial charge in [0.1, 0.15) is 13.5 Å². The van der Waals surface area contributed by atoms with E-state index in [1.54, 1.807) is 31.2 Å². The number of rotatable bonds is 5. The van der Waals surface area contributed by atoms with Crippen molar-refractivity contribution in [1.82, 2.24) is 0 Å². The van der Waals surface area contributed by atoms with Crippen molar-refractivity contribution in [2.24, 2.45) is 0 Å². The predicted octanol–water partition coefficient (Wildman–Crippen LogP) is 1.11. The predicted molar refractivity (Wildman–Crippen MR) is 63.5 cm³/mol. The van der Waals surface area contributed by atoms with E-state index in [4.69, 9.17) is 10.2 Å². The van der Waals surface area contributed by atoms with Gasteiger partial charge < -0.3 is 14.8 Å². The molecule has 1 rings (SSSR count). The van der Waals surface area contributed by atoms with Crippen molar-refractivity contribution in [3.8, 4) is 0 Å². The second-order valence-electron chi connectivity index (χ2n) is 3.67. The van der Waals surface area contributed by atoms with Crippen LogP contribution >= 0.6 is 7.80 Å². The van der Waals surface area contributed by atoms with Gasteiger partial charge in [-0.2, -0.15) is 0 Å². The Morgan fingerprint density at radius 3 is 2.35 bits per heavy atom. The van der Waals surface area contributed by atoms with E-state index in [0.717, 1.165) is 0 Å². The fourth-order valence-corrected chi connectivity index (χ4v) is 3.20. The second-order valence-corrected chi connectivity index (χ2v) is 5.63. The van der Waals surface area contributed by atoms with Gasteiger partial charge in [-0.3, -0.25) is 9.59 Å². The third-order valence-corrected chi connectivity index (χ3v) is 4.58. The Bertz CT molecular complexity index is 469. The van der Waals surface area contributed by atoms with E-state index in [0.29, 0.717) is 10.9 Å². The molecular formula is C11H13O5P. The minimum absolute atomic E-state index is 0.436. The summed E-state index contributed by atoms with van der Waals surface area (Å²) in [4.78, 5) is 21.5. The van der Waals surface area contributed by atoms with Crippen LogP contribution in [0.1, 0.15) is 12.0 Å². The molecule has 5 nitrogen and oxygen atoms in total. The minimum Gasteiger partial charge on any atom is -0.481 e. The van der Waals surface area contributed by atoms with Gasteiger partial charge in [-0.15, -0.1) is 0 Å². The molecule has 0 amide bonds. The lowest BCUT2D eigenvalue weighted by molar-refractivity contribution is -0.143. The van der Waals surface area contributed by atoms with Gasteiger partial charge in [-0.25, -0.2) is 0 Å². The first-order chi connectivity index (χ1) is 7.93. The first-order valence-electron chi connectivity index (χ1n) is 4.98. The topological polar surface area (TPSA) is 91.7 Å². The second kappa shape index (κ2) is 5.64. The van der Waals surface area contributed by atoms with Crippen LogP contribution in [0.15, 0.2) is 24.3 Å². The molecule has 0 aliphatic rings. The molecular weight excluding hydrogens is 243 g/mol. The molecule has 1 aromatic rings. The summed E-state index contributed by atoms with van der Waals surface area (Å²) in [7, 11) is -2.66. The van der Waals surface area contributed by atoms with Crippen molar-refractivity contribution < 1.29 is 24.4 Å². The van der Waals surface area contributed by atoms with Crippen molar-refractivity contribution in [2.75, 3.05) is 0 Å². The molecule has 92 valence electrons. The smallest absolute Gasteiger partial charge is 0.314 e. The Hall–Kier alpha value is -1.61. The van der Waals surface area contributed by atoms with Gasteiger partial charge >= 0.3 is 11.9 Å². The zero-order valence-corrected chi connectivity index (χ0v) is 10.2. The zero-order valence-electron chi connectivity index (χ0n) is 9.21. The Balaban J connectivity index is 3.04. The molecule has 6 heteroatoms. The van der Waals surface area contributed by atoms with E-state index in [2.05, 4.69) is 0 Å². The van der Waals surface area contributed by atoms with Crippen molar-refractivity contribution in [3.05, 3.63) is 29.8 Å². The SMILES string of the molecule is Cc1ccccc1[PH](=O)C(CC(=O)O)C(=O)O. The third-order valence-electron chi connectivity index (χ3n) is 2.40. The van der Waals surface area contributed by atoms with E-state index in [-0.39, 0.29) is 0 Å². The van der Waals surface area contributed by atoms with E-state index >= 15 is 0 Å². The van der Waals surface area contributed by atoms with Gasteiger partial charge in [0.2, 0.25) is 0 Å². The normalized spacial score (nSPS) is 13.9. The van der Waals surface area contributed by atoms with Crippen LogP contribution in [0, 0.1) is 6.92 Å². The molecule has 1 aromatic carbocycles. The van der Waals surface area contributed by atoms with Gasteiger partial charge in [0.15, 0.2) is 0 Å². The molecule has 2 N–H and O–H groups in total. The van der Waals surface area contributed by atoms with Gasteiger partial charge in [0.05, 0.1) is 6.42 Å². The standard InChI is InChI=1S/C11H13O5P/c1-7-4-2-3-5-8(7)17(16)9(11(14)15)6-10(12)13/h2-5,9,17H,6H2,1H3,(H,12,13)(H,14,15). The molecule has 0 aromatic heterocycles. The summed E-state index contributed by atoms with van der Waals surface area (Å²) in [6, 6.07) is 6.71. The van der Waals surface area contributed by atoms with E-state index in [1.807, 2.05) is 0 Å². The number of benzene rings is 1. The fraction of sp³-hybridized carbons (Fsp3) is 0.273. The van der Waals surface area contributed by atoms with Crippen LogP contribution in [0.2, 0.25) is 0 Å². The van der Waals surface area contributed by atoms with Gasteiger partial charge in [0.25, 0.3) is 0 Å². The number of carboxylic acids is 2. The lowest BCUT2D eigenvalue weighted by Crippen LogP contribution is -2.23. The number of aliphatic carboxylic acids is 2. The summed E-state index contributed by atoms with van der Waals surface area (Å²) < 4.78 is 12.1. The number of hydrogen-bond donors (Lipinski definition) is 2. The molecule has 0 fully saturated rings. The summed E-state index contributed by atoms with van der Waals surface area (Å²) in [5.41, 5.74) is -0.633. The van der Waals surface area contributed by atoms with Crippen molar-refractivity contribution >= 4 is 25.0 Å². The lowest BCUT2D eigenvalue weighted by Gasteiger charge is -2.12.